The van der Waals surface area contributed by atoms with Crippen molar-refractivity contribution in [3.63, 3.8) is 0 Å². The van der Waals surface area contributed by atoms with E-state index >= 15 is 0 Å². The van der Waals surface area contributed by atoms with E-state index in [-0.39, 0.29) is 0 Å². The van der Waals surface area contributed by atoms with Gasteiger partial charge in [0.1, 0.15) is 0 Å². The molecule has 2 heteroatoms. The van der Waals surface area contributed by atoms with E-state index in [1.54, 1.807) is 0 Å². The summed E-state index contributed by atoms with van der Waals surface area (Å²) in [6.45, 7) is 0. The zero-order valence-electron chi connectivity index (χ0n) is 28.5. The molecule has 0 fully saturated rings. The van der Waals surface area contributed by atoms with Gasteiger partial charge in [-0.3, -0.25) is 0 Å². The Kier molecular flexibility index (Phi) is 7.18. The molecule has 0 bridgehead atoms. The molecule has 0 amide bonds. The van der Waals surface area contributed by atoms with Crippen molar-refractivity contribution in [2.45, 2.75) is 0 Å². The zero-order chi connectivity index (χ0) is 34.4. The molecule has 1 aromatic heterocycles. The number of rotatable bonds is 6. The summed E-state index contributed by atoms with van der Waals surface area (Å²) >= 11 is 0. The molecular formula is C50H34N2. The summed E-state index contributed by atoms with van der Waals surface area (Å²) in [6, 6.07) is 74.7. The molecule has 0 aliphatic carbocycles. The third-order valence-electron chi connectivity index (χ3n) is 10.3. The van der Waals surface area contributed by atoms with E-state index in [1.165, 1.54) is 65.6 Å². The first-order valence-electron chi connectivity index (χ1n) is 17.9. The van der Waals surface area contributed by atoms with Crippen LogP contribution in [0, 0.1) is 0 Å². The van der Waals surface area contributed by atoms with Crippen molar-refractivity contribution >= 4 is 60.4 Å². The van der Waals surface area contributed by atoms with Crippen LogP contribution in [0.3, 0.4) is 0 Å². The van der Waals surface area contributed by atoms with Crippen molar-refractivity contribution in [2.24, 2.45) is 0 Å². The monoisotopic (exact) mass is 662 g/mol. The molecule has 0 radical (unpaired) electrons. The van der Waals surface area contributed by atoms with E-state index < -0.39 is 0 Å². The van der Waals surface area contributed by atoms with Crippen molar-refractivity contribution in [3.8, 4) is 27.9 Å². The Balaban J connectivity index is 1.13. The Morgan fingerprint density at radius 1 is 0.327 bits per heavy atom. The highest BCUT2D eigenvalue weighted by Crippen LogP contribution is 2.41. The molecule has 2 nitrogen and oxygen atoms in total. The first kappa shape index (κ1) is 30.0. The molecule has 0 aliphatic heterocycles. The van der Waals surface area contributed by atoms with E-state index in [0.29, 0.717) is 0 Å². The molecule has 0 atom stereocenters. The number of para-hydroxylation sites is 2. The van der Waals surface area contributed by atoms with E-state index in [0.717, 1.165) is 22.7 Å². The summed E-state index contributed by atoms with van der Waals surface area (Å²) in [7, 11) is 0. The van der Waals surface area contributed by atoms with Crippen LogP contribution in [0.5, 0.6) is 0 Å². The predicted molar refractivity (Wildman–Crippen MR) is 221 cm³/mol. The summed E-state index contributed by atoms with van der Waals surface area (Å²) in [6.07, 6.45) is 0. The molecule has 10 rings (SSSR count). The summed E-state index contributed by atoms with van der Waals surface area (Å²) < 4.78 is 2.39. The average Bonchev–Trinajstić information content (AvgIpc) is 3.56. The van der Waals surface area contributed by atoms with Crippen LogP contribution in [0.2, 0.25) is 0 Å². The highest BCUT2D eigenvalue weighted by Gasteiger charge is 2.17. The average molecular weight is 663 g/mol. The topological polar surface area (TPSA) is 8.17 Å². The molecule has 9 aromatic carbocycles. The van der Waals surface area contributed by atoms with Gasteiger partial charge >= 0.3 is 0 Å². The molecule has 0 saturated heterocycles. The zero-order valence-corrected chi connectivity index (χ0v) is 28.5. The number of fused-ring (bicyclic) bond motifs is 5. The number of anilines is 3. The van der Waals surface area contributed by atoms with Crippen molar-refractivity contribution in [1.29, 1.82) is 0 Å². The van der Waals surface area contributed by atoms with Gasteiger partial charge in [0.15, 0.2) is 0 Å². The fourth-order valence-corrected chi connectivity index (χ4v) is 7.96. The van der Waals surface area contributed by atoms with Crippen LogP contribution in [0.15, 0.2) is 206 Å². The summed E-state index contributed by atoms with van der Waals surface area (Å²) in [5.74, 6) is 0. The lowest BCUT2D eigenvalue weighted by Gasteiger charge is -2.27. The second kappa shape index (κ2) is 12.5. The molecule has 0 unspecified atom stereocenters. The smallest absolute Gasteiger partial charge is 0.0541 e. The van der Waals surface area contributed by atoms with Gasteiger partial charge in [-0.1, -0.05) is 152 Å². The Labute approximate surface area is 303 Å². The van der Waals surface area contributed by atoms with Crippen LogP contribution in [-0.2, 0) is 0 Å². The van der Waals surface area contributed by atoms with Gasteiger partial charge in [-0.2, -0.15) is 0 Å². The number of aromatic nitrogens is 1. The minimum absolute atomic E-state index is 1.10. The van der Waals surface area contributed by atoms with Crippen LogP contribution in [0.25, 0.3) is 71.3 Å². The maximum absolute atomic E-state index is 2.39. The summed E-state index contributed by atoms with van der Waals surface area (Å²) in [5, 5.41) is 7.47. The van der Waals surface area contributed by atoms with Crippen LogP contribution >= 0.6 is 0 Å². The summed E-state index contributed by atoms with van der Waals surface area (Å²) in [4.78, 5) is 2.38. The third-order valence-corrected chi connectivity index (χ3v) is 10.3. The van der Waals surface area contributed by atoms with Gasteiger partial charge in [-0.15, -0.1) is 0 Å². The first-order valence-corrected chi connectivity index (χ1v) is 17.9. The van der Waals surface area contributed by atoms with Crippen molar-refractivity contribution in [1.82, 2.24) is 4.57 Å². The highest BCUT2D eigenvalue weighted by atomic mass is 15.1. The van der Waals surface area contributed by atoms with Crippen molar-refractivity contribution in [3.05, 3.63) is 206 Å². The standard InChI is InChI=1S/C50H34N2/c1-2-14-36(15-3-1)44-23-10-17-38-18-11-24-45(50(38)44)37-28-30-40(31-29-37)51(43-32-27-35-13-4-5-16-39(35)33-43)41-19-12-20-42(34-41)52-48-25-8-6-21-46(48)47-22-7-9-26-49(47)52/h1-34H. The maximum atomic E-state index is 2.39. The molecule has 0 spiro atoms. The van der Waals surface area contributed by atoms with Gasteiger partial charge in [-0.25, -0.2) is 0 Å². The van der Waals surface area contributed by atoms with Crippen LogP contribution in [-0.4, -0.2) is 4.57 Å². The van der Waals surface area contributed by atoms with Crippen LogP contribution in [0.1, 0.15) is 0 Å². The number of hydrogen-bond donors (Lipinski definition) is 0. The van der Waals surface area contributed by atoms with Gasteiger partial charge in [-0.05, 0) is 98.4 Å². The number of benzene rings is 9. The fraction of sp³-hybridized carbons (Fsp3) is 0. The highest BCUT2D eigenvalue weighted by molar-refractivity contribution is 6.09. The second-order valence-corrected chi connectivity index (χ2v) is 13.4. The minimum Gasteiger partial charge on any atom is -0.310 e. The number of hydrogen-bond acceptors (Lipinski definition) is 1. The predicted octanol–water partition coefficient (Wildman–Crippen LogP) is 13.9. The molecule has 0 N–H and O–H groups in total. The number of nitrogens with zero attached hydrogens (tertiary/aromatic N) is 2. The minimum atomic E-state index is 1.10. The van der Waals surface area contributed by atoms with E-state index in [4.69, 9.17) is 0 Å². The molecule has 1 heterocycles. The third kappa shape index (κ3) is 5.04. The molecule has 52 heavy (non-hydrogen) atoms. The van der Waals surface area contributed by atoms with Crippen LogP contribution < -0.4 is 4.90 Å². The largest absolute Gasteiger partial charge is 0.310 e. The molecular weight excluding hydrogens is 629 g/mol. The first-order chi connectivity index (χ1) is 25.8. The SMILES string of the molecule is c1ccc(-c2cccc3cccc(-c4ccc(N(c5cccc(-n6c7ccccc7c7ccccc76)c5)c5ccc6ccccc6c5)cc4)c23)cc1. The lowest BCUT2D eigenvalue weighted by Crippen LogP contribution is -2.10. The van der Waals surface area contributed by atoms with E-state index in [2.05, 4.69) is 216 Å². The Bertz CT molecular complexity index is 2840. The van der Waals surface area contributed by atoms with E-state index in [9.17, 15) is 0 Å². The molecule has 0 aliphatic rings. The Morgan fingerprint density at radius 3 is 1.58 bits per heavy atom. The van der Waals surface area contributed by atoms with Gasteiger partial charge in [0, 0.05) is 33.5 Å². The second-order valence-electron chi connectivity index (χ2n) is 13.4. The van der Waals surface area contributed by atoms with Crippen molar-refractivity contribution in [2.75, 3.05) is 4.90 Å². The molecule has 0 saturated carbocycles. The lowest BCUT2D eigenvalue weighted by molar-refractivity contribution is 1.17. The molecule has 244 valence electrons. The summed E-state index contributed by atoms with van der Waals surface area (Å²) in [5.41, 5.74) is 11.7. The normalized spacial score (nSPS) is 11.5. The molecule has 10 aromatic rings. The van der Waals surface area contributed by atoms with Gasteiger partial charge in [0.05, 0.1) is 11.0 Å². The Hall–Kier alpha value is -6.90. The quantitative estimate of drug-likeness (QED) is 0.172. The van der Waals surface area contributed by atoms with Crippen LogP contribution in [0.4, 0.5) is 17.1 Å². The fourth-order valence-electron chi connectivity index (χ4n) is 7.96. The Morgan fingerprint density at radius 2 is 0.865 bits per heavy atom. The van der Waals surface area contributed by atoms with E-state index in [1.807, 2.05) is 0 Å². The van der Waals surface area contributed by atoms with Gasteiger partial charge in [0.25, 0.3) is 0 Å². The van der Waals surface area contributed by atoms with Gasteiger partial charge < -0.3 is 9.47 Å². The maximum Gasteiger partial charge on any atom is 0.0541 e. The lowest BCUT2D eigenvalue weighted by atomic mass is 9.91. The van der Waals surface area contributed by atoms with Crippen molar-refractivity contribution < 1.29 is 0 Å². The van der Waals surface area contributed by atoms with Gasteiger partial charge in [0.2, 0.25) is 0 Å².